The van der Waals surface area contributed by atoms with Crippen molar-refractivity contribution in [3.8, 4) is 0 Å². The monoisotopic (exact) mass is 242 g/mol. The lowest BCUT2D eigenvalue weighted by Gasteiger charge is -2.26. The van der Waals surface area contributed by atoms with E-state index in [0.717, 1.165) is 11.1 Å². The topological polar surface area (TPSA) is 40.5 Å². The molecule has 0 fully saturated rings. The second-order valence-electron chi connectivity index (χ2n) is 4.72. The van der Waals surface area contributed by atoms with Crippen molar-refractivity contribution in [2.24, 2.45) is 0 Å². The Kier molecular flexibility index (Phi) is 3.80. The Hall–Kier alpha value is -1.64. The highest BCUT2D eigenvalue weighted by atomic mass is 16.3. The molecule has 2 nitrogen and oxygen atoms in total. The number of aliphatic hydroxyl groups excluding tert-OH is 1. The van der Waals surface area contributed by atoms with Gasteiger partial charge in [-0.05, 0) is 18.1 Å². The minimum Gasteiger partial charge on any atom is -0.393 e. The fourth-order valence-corrected chi connectivity index (χ4v) is 2.04. The third-order valence-electron chi connectivity index (χ3n) is 3.19. The second kappa shape index (κ2) is 5.34. The molecule has 2 heteroatoms. The van der Waals surface area contributed by atoms with Crippen LogP contribution >= 0.6 is 0 Å². The normalized spacial score (nSPS) is 14.2. The molecule has 0 aromatic heterocycles. The predicted molar refractivity (Wildman–Crippen MR) is 72.3 cm³/mol. The van der Waals surface area contributed by atoms with Crippen molar-refractivity contribution in [1.82, 2.24) is 0 Å². The highest BCUT2D eigenvalue weighted by Gasteiger charge is 2.28. The van der Waals surface area contributed by atoms with E-state index in [-0.39, 0.29) is 6.61 Å². The smallest absolute Gasteiger partial charge is 0.117 e. The molecule has 0 aliphatic rings. The van der Waals surface area contributed by atoms with Crippen LogP contribution in [-0.4, -0.2) is 16.8 Å². The first kappa shape index (κ1) is 12.8. The molecule has 0 heterocycles. The first-order chi connectivity index (χ1) is 8.64. The fourth-order valence-electron chi connectivity index (χ4n) is 2.04. The van der Waals surface area contributed by atoms with Crippen LogP contribution < -0.4 is 0 Å². The maximum absolute atomic E-state index is 10.6. The lowest BCUT2D eigenvalue weighted by atomic mass is 9.88. The molecule has 0 unspecified atom stereocenters. The molecular weight excluding hydrogens is 224 g/mol. The van der Waals surface area contributed by atoms with E-state index < -0.39 is 5.60 Å². The van der Waals surface area contributed by atoms with Gasteiger partial charge in [-0.25, -0.2) is 0 Å². The summed E-state index contributed by atoms with van der Waals surface area (Å²) in [5.41, 5.74) is 1.73. The van der Waals surface area contributed by atoms with Crippen LogP contribution in [0.4, 0.5) is 0 Å². The van der Waals surface area contributed by atoms with Gasteiger partial charge in [-0.15, -0.1) is 0 Å². The van der Waals surface area contributed by atoms with Crippen molar-refractivity contribution in [2.45, 2.75) is 18.9 Å². The van der Waals surface area contributed by atoms with Crippen molar-refractivity contribution < 1.29 is 10.2 Å². The molecule has 1 atom stereocenters. The molecule has 0 saturated heterocycles. The van der Waals surface area contributed by atoms with E-state index in [1.54, 1.807) is 0 Å². The van der Waals surface area contributed by atoms with Crippen LogP contribution in [0.15, 0.2) is 54.6 Å². The molecule has 0 saturated carbocycles. The summed E-state index contributed by atoms with van der Waals surface area (Å²) in [5, 5.41) is 20.1. The summed E-state index contributed by atoms with van der Waals surface area (Å²) in [5.74, 6) is 0. The Morgan fingerprint density at radius 2 is 1.56 bits per heavy atom. The van der Waals surface area contributed by atoms with E-state index in [4.69, 9.17) is 0 Å². The molecule has 0 bridgehead atoms. The Labute approximate surface area is 108 Å². The van der Waals surface area contributed by atoms with Crippen molar-refractivity contribution >= 4 is 0 Å². The molecule has 0 aliphatic carbocycles. The summed E-state index contributed by atoms with van der Waals surface area (Å²) in [6.45, 7) is 1.74. The summed E-state index contributed by atoms with van der Waals surface area (Å²) in [7, 11) is 0. The van der Waals surface area contributed by atoms with Gasteiger partial charge in [0.2, 0.25) is 0 Å². The molecular formula is C16H18O2. The van der Waals surface area contributed by atoms with Gasteiger partial charge >= 0.3 is 0 Å². The minimum absolute atomic E-state index is 0.287. The number of hydrogen-bond acceptors (Lipinski definition) is 2. The summed E-state index contributed by atoms with van der Waals surface area (Å²) in [6, 6.07) is 17.3. The molecule has 0 spiro atoms. The summed E-state index contributed by atoms with van der Waals surface area (Å²) < 4.78 is 0. The van der Waals surface area contributed by atoms with E-state index in [1.807, 2.05) is 61.5 Å². The average molecular weight is 242 g/mol. The molecule has 0 aliphatic heterocycles. The Balaban J connectivity index is 2.26. The van der Waals surface area contributed by atoms with Crippen molar-refractivity contribution in [3.63, 3.8) is 0 Å². The Morgan fingerprint density at radius 3 is 2.11 bits per heavy atom. The van der Waals surface area contributed by atoms with Gasteiger partial charge in [0.05, 0.1) is 6.61 Å². The van der Waals surface area contributed by atoms with Crippen molar-refractivity contribution in [3.05, 3.63) is 71.3 Å². The Bertz CT molecular complexity index is 490. The minimum atomic E-state index is -1.21. The fraction of sp³-hybridized carbons (Fsp3) is 0.250. The zero-order valence-electron chi connectivity index (χ0n) is 10.5. The summed E-state index contributed by atoms with van der Waals surface area (Å²) in [4.78, 5) is 0. The highest BCUT2D eigenvalue weighted by Crippen LogP contribution is 2.25. The van der Waals surface area contributed by atoms with E-state index in [0.29, 0.717) is 6.42 Å². The van der Waals surface area contributed by atoms with Crippen LogP contribution in [0.2, 0.25) is 0 Å². The quantitative estimate of drug-likeness (QED) is 0.864. The molecule has 2 rings (SSSR count). The predicted octanol–water partition coefficient (Wildman–Crippen LogP) is 2.42. The largest absolute Gasteiger partial charge is 0.393 e. The van der Waals surface area contributed by atoms with Gasteiger partial charge in [0.1, 0.15) is 5.60 Å². The maximum Gasteiger partial charge on any atom is 0.117 e. The standard InChI is InChI=1S/C16H18O2/c1-13-7-9-14(10-8-13)11-16(18,12-17)15-5-3-2-4-6-15/h2-10,17-18H,11-12H2,1H3/t16-/m0/s1. The molecule has 94 valence electrons. The van der Waals surface area contributed by atoms with Crippen LogP contribution in [0.1, 0.15) is 16.7 Å². The average Bonchev–Trinajstić information content (AvgIpc) is 2.42. The third-order valence-corrected chi connectivity index (χ3v) is 3.19. The second-order valence-corrected chi connectivity index (χ2v) is 4.72. The molecule has 2 aromatic carbocycles. The number of hydrogen-bond donors (Lipinski definition) is 2. The number of benzene rings is 2. The number of rotatable bonds is 4. The van der Waals surface area contributed by atoms with Crippen LogP contribution in [-0.2, 0) is 12.0 Å². The Morgan fingerprint density at radius 1 is 0.944 bits per heavy atom. The lowest BCUT2D eigenvalue weighted by Crippen LogP contribution is -2.32. The van der Waals surface area contributed by atoms with E-state index in [2.05, 4.69) is 0 Å². The molecule has 0 radical (unpaired) electrons. The van der Waals surface area contributed by atoms with Crippen LogP contribution in [0.25, 0.3) is 0 Å². The van der Waals surface area contributed by atoms with Gasteiger partial charge in [0.25, 0.3) is 0 Å². The maximum atomic E-state index is 10.6. The number of aliphatic hydroxyl groups is 2. The third kappa shape index (κ3) is 2.78. The zero-order valence-corrected chi connectivity index (χ0v) is 10.5. The first-order valence-corrected chi connectivity index (χ1v) is 6.08. The van der Waals surface area contributed by atoms with Crippen molar-refractivity contribution in [1.29, 1.82) is 0 Å². The van der Waals surface area contributed by atoms with Crippen molar-refractivity contribution in [2.75, 3.05) is 6.61 Å². The van der Waals surface area contributed by atoms with E-state index in [1.165, 1.54) is 5.56 Å². The van der Waals surface area contributed by atoms with Gasteiger partial charge < -0.3 is 10.2 Å². The van der Waals surface area contributed by atoms with Gasteiger partial charge in [0, 0.05) is 6.42 Å². The molecule has 0 amide bonds. The van der Waals surface area contributed by atoms with E-state index >= 15 is 0 Å². The van der Waals surface area contributed by atoms with Gasteiger partial charge in [-0.1, -0.05) is 60.2 Å². The van der Waals surface area contributed by atoms with Gasteiger partial charge in [0.15, 0.2) is 0 Å². The number of aryl methyl sites for hydroxylation is 1. The first-order valence-electron chi connectivity index (χ1n) is 6.08. The van der Waals surface area contributed by atoms with E-state index in [9.17, 15) is 10.2 Å². The van der Waals surface area contributed by atoms with Crippen LogP contribution in [0, 0.1) is 6.92 Å². The molecule has 2 N–H and O–H groups in total. The zero-order chi connectivity index (χ0) is 13.0. The molecule has 18 heavy (non-hydrogen) atoms. The summed E-state index contributed by atoms with van der Waals surface area (Å²) in [6.07, 6.45) is 0.411. The molecule has 2 aromatic rings. The van der Waals surface area contributed by atoms with Gasteiger partial charge in [-0.3, -0.25) is 0 Å². The highest BCUT2D eigenvalue weighted by molar-refractivity contribution is 5.28. The summed E-state index contributed by atoms with van der Waals surface area (Å²) >= 11 is 0. The van der Waals surface area contributed by atoms with Crippen LogP contribution in [0.5, 0.6) is 0 Å². The lowest BCUT2D eigenvalue weighted by molar-refractivity contribution is -0.0187. The SMILES string of the molecule is Cc1ccc(C[C@](O)(CO)c2ccccc2)cc1. The van der Waals surface area contributed by atoms with Gasteiger partial charge in [-0.2, -0.15) is 0 Å². The van der Waals surface area contributed by atoms with Crippen LogP contribution in [0.3, 0.4) is 0 Å².